The van der Waals surface area contributed by atoms with Crippen molar-refractivity contribution >= 4 is 28.4 Å². The topological polar surface area (TPSA) is 87.6 Å². The van der Waals surface area contributed by atoms with Crippen LogP contribution < -0.4 is 15.0 Å². The highest BCUT2D eigenvalue weighted by Crippen LogP contribution is 2.33. The minimum Gasteiger partial charge on any atom is -0.494 e. The van der Waals surface area contributed by atoms with Crippen LogP contribution in [0.25, 0.3) is 10.9 Å². The van der Waals surface area contributed by atoms with Gasteiger partial charge in [0.1, 0.15) is 17.3 Å². The average Bonchev–Trinajstić information content (AvgIpc) is 3.54. The number of ether oxygens (including phenoxy) is 1. The van der Waals surface area contributed by atoms with Crippen molar-refractivity contribution in [1.82, 2.24) is 10.3 Å². The molecule has 7 nitrogen and oxygen atoms in total. The van der Waals surface area contributed by atoms with Gasteiger partial charge in [0.25, 0.3) is 5.91 Å². The van der Waals surface area contributed by atoms with Gasteiger partial charge in [-0.15, -0.1) is 0 Å². The van der Waals surface area contributed by atoms with Crippen LogP contribution in [-0.2, 0) is 16.0 Å². The molecule has 1 aliphatic rings. The Balaban J connectivity index is 1.56. The quantitative estimate of drug-likeness (QED) is 0.278. The van der Waals surface area contributed by atoms with Gasteiger partial charge in [0.05, 0.1) is 13.0 Å². The number of amides is 2. The molecule has 198 valence electrons. The minimum absolute atomic E-state index is 0.0927. The molecule has 0 saturated heterocycles. The van der Waals surface area contributed by atoms with Gasteiger partial charge in [-0.1, -0.05) is 43.5 Å². The second kappa shape index (κ2) is 11.6. The highest BCUT2D eigenvalue weighted by molar-refractivity contribution is 6.03. The van der Waals surface area contributed by atoms with E-state index in [9.17, 15) is 9.59 Å². The molecule has 0 bridgehead atoms. The number of furan rings is 1. The third kappa shape index (κ3) is 5.62. The van der Waals surface area contributed by atoms with Crippen molar-refractivity contribution in [3.63, 3.8) is 0 Å². The lowest BCUT2D eigenvalue weighted by molar-refractivity contribution is -0.127. The molecule has 0 aliphatic heterocycles. The number of fused-ring (bicyclic) bond motifs is 1. The van der Waals surface area contributed by atoms with E-state index >= 15 is 0 Å². The number of rotatable bonds is 9. The number of anilines is 1. The first-order valence-electron chi connectivity index (χ1n) is 13.5. The summed E-state index contributed by atoms with van der Waals surface area (Å²) in [5, 5.41) is 4.22. The van der Waals surface area contributed by atoms with Crippen LogP contribution in [0.5, 0.6) is 5.75 Å². The van der Waals surface area contributed by atoms with Crippen molar-refractivity contribution in [3.05, 3.63) is 83.9 Å². The van der Waals surface area contributed by atoms with Crippen LogP contribution in [0, 0.1) is 6.92 Å². The molecule has 2 aromatic carbocycles. The van der Waals surface area contributed by atoms with Crippen LogP contribution in [0.2, 0.25) is 0 Å². The van der Waals surface area contributed by atoms with E-state index in [2.05, 4.69) is 10.3 Å². The number of aromatic nitrogens is 1. The van der Waals surface area contributed by atoms with E-state index < -0.39 is 6.04 Å². The number of para-hydroxylation sites is 1. The molecule has 7 heteroatoms. The van der Waals surface area contributed by atoms with Gasteiger partial charge in [-0.25, -0.2) is 0 Å². The van der Waals surface area contributed by atoms with Gasteiger partial charge >= 0.3 is 0 Å². The Morgan fingerprint density at radius 2 is 1.89 bits per heavy atom. The van der Waals surface area contributed by atoms with Crippen molar-refractivity contribution in [2.75, 3.05) is 11.5 Å². The van der Waals surface area contributed by atoms with Gasteiger partial charge in [-0.05, 0) is 62.6 Å². The highest BCUT2D eigenvalue weighted by atomic mass is 16.5. The van der Waals surface area contributed by atoms with E-state index in [-0.39, 0.29) is 24.3 Å². The van der Waals surface area contributed by atoms with Crippen molar-refractivity contribution in [3.8, 4) is 5.75 Å². The third-order valence-electron chi connectivity index (χ3n) is 7.18. The standard InChI is InChI=1S/C31H35N3O4/c1-3-37-25-13-9-12-24(19-25)34(29(35)18-22-20-32-27-15-8-7-14-26(22)27)30(28-17-16-21(2)38-28)31(36)33-23-10-5-4-6-11-23/h7-9,12-17,19-20,23,30,32H,3-6,10-11,18H2,1-2H3,(H,33,36). The van der Waals surface area contributed by atoms with E-state index in [1.807, 2.05) is 74.6 Å². The first-order chi connectivity index (χ1) is 18.5. The Bertz CT molecular complexity index is 1400. The number of aryl methyl sites for hydroxylation is 1. The zero-order chi connectivity index (χ0) is 26.5. The molecule has 5 rings (SSSR count). The van der Waals surface area contributed by atoms with Crippen LogP contribution in [-0.4, -0.2) is 29.4 Å². The number of nitrogens with zero attached hydrogens (tertiary/aromatic N) is 1. The maximum Gasteiger partial charge on any atom is 0.251 e. The summed E-state index contributed by atoms with van der Waals surface area (Å²) in [4.78, 5) is 33.0. The highest BCUT2D eigenvalue weighted by Gasteiger charge is 2.36. The fraction of sp³-hybridized carbons (Fsp3) is 0.355. The largest absolute Gasteiger partial charge is 0.494 e. The lowest BCUT2D eigenvalue weighted by Crippen LogP contribution is -2.47. The van der Waals surface area contributed by atoms with Crippen LogP contribution in [0.3, 0.4) is 0 Å². The molecule has 1 aliphatic carbocycles. The second-order valence-corrected chi connectivity index (χ2v) is 9.92. The Morgan fingerprint density at radius 1 is 1.08 bits per heavy atom. The summed E-state index contributed by atoms with van der Waals surface area (Å²) in [6.45, 7) is 4.25. The van der Waals surface area contributed by atoms with E-state index in [0.29, 0.717) is 29.6 Å². The summed E-state index contributed by atoms with van der Waals surface area (Å²) in [7, 11) is 0. The first-order valence-corrected chi connectivity index (χ1v) is 13.5. The molecule has 2 N–H and O–H groups in total. The summed E-state index contributed by atoms with van der Waals surface area (Å²) < 4.78 is 11.7. The van der Waals surface area contributed by atoms with Crippen molar-refractivity contribution in [2.45, 2.75) is 64.5 Å². The number of hydrogen-bond acceptors (Lipinski definition) is 4. The Morgan fingerprint density at radius 3 is 2.66 bits per heavy atom. The zero-order valence-corrected chi connectivity index (χ0v) is 22.0. The summed E-state index contributed by atoms with van der Waals surface area (Å²) in [6.07, 6.45) is 7.25. The van der Waals surface area contributed by atoms with Gasteiger partial charge in [0, 0.05) is 34.9 Å². The summed E-state index contributed by atoms with van der Waals surface area (Å²) in [5.41, 5.74) is 2.42. The molecule has 1 saturated carbocycles. The predicted octanol–water partition coefficient (Wildman–Crippen LogP) is 6.23. The predicted molar refractivity (Wildman–Crippen MR) is 148 cm³/mol. The minimum atomic E-state index is -0.958. The number of nitrogens with one attached hydrogen (secondary N) is 2. The molecular weight excluding hydrogens is 478 g/mol. The van der Waals surface area contributed by atoms with Crippen LogP contribution >= 0.6 is 0 Å². The Labute approximate surface area is 223 Å². The molecule has 2 heterocycles. The Kier molecular flexibility index (Phi) is 7.82. The third-order valence-corrected chi connectivity index (χ3v) is 7.18. The summed E-state index contributed by atoms with van der Waals surface area (Å²) >= 11 is 0. The van der Waals surface area contributed by atoms with Crippen molar-refractivity contribution < 1.29 is 18.7 Å². The molecule has 4 aromatic rings. The number of carbonyl (C=O) groups excluding carboxylic acids is 2. The van der Waals surface area contributed by atoms with Crippen molar-refractivity contribution in [2.24, 2.45) is 0 Å². The molecule has 1 fully saturated rings. The monoisotopic (exact) mass is 513 g/mol. The molecule has 2 amide bonds. The molecule has 1 unspecified atom stereocenters. The lowest BCUT2D eigenvalue weighted by atomic mass is 9.95. The van der Waals surface area contributed by atoms with Crippen LogP contribution in [0.1, 0.15) is 62.2 Å². The lowest BCUT2D eigenvalue weighted by Gasteiger charge is -2.32. The average molecular weight is 514 g/mol. The van der Waals surface area contributed by atoms with Gasteiger partial charge in [-0.2, -0.15) is 0 Å². The second-order valence-electron chi connectivity index (χ2n) is 9.92. The molecular formula is C31H35N3O4. The number of hydrogen-bond donors (Lipinski definition) is 2. The Hall–Kier alpha value is -4.00. The molecule has 0 spiro atoms. The van der Waals surface area contributed by atoms with Gasteiger partial charge < -0.3 is 19.5 Å². The molecule has 0 radical (unpaired) electrons. The SMILES string of the molecule is CCOc1cccc(N(C(=O)Cc2c[nH]c3ccccc23)C(C(=O)NC2CCCCC2)c2ccc(C)o2)c1. The molecule has 1 atom stereocenters. The van der Waals surface area contributed by atoms with Crippen molar-refractivity contribution in [1.29, 1.82) is 0 Å². The number of benzene rings is 2. The van der Waals surface area contributed by atoms with Gasteiger partial charge in [0.15, 0.2) is 6.04 Å². The molecule has 38 heavy (non-hydrogen) atoms. The molecule has 2 aromatic heterocycles. The zero-order valence-electron chi connectivity index (χ0n) is 22.0. The normalized spacial score (nSPS) is 14.8. The first kappa shape index (κ1) is 25.6. The maximum absolute atomic E-state index is 14.2. The van der Waals surface area contributed by atoms with Gasteiger partial charge in [0.2, 0.25) is 5.91 Å². The number of aromatic amines is 1. The van der Waals surface area contributed by atoms with E-state index in [4.69, 9.17) is 9.15 Å². The fourth-order valence-corrected chi connectivity index (χ4v) is 5.35. The van der Waals surface area contributed by atoms with E-state index in [0.717, 1.165) is 42.1 Å². The number of H-pyrrole nitrogens is 1. The summed E-state index contributed by atoms with van der Waals surface area (Å²) in [5.74, 6) is 1.31. The van der Waals surface area contributed by atoms with E-state index in [1.165, 1.54) is 6.42 Å². The van der Waals surface area contributed by atoms with Crippen LogP contribution in [0.15, 0.2) is 71.3 Å². The summed E-state index contributed by atoms with van der Waals surface area (Å²) in [6, 6.07) is 18.0. The maximum atomic E-state index is 14.2. The smallest absolute Gasteiger partial charge is 0.251 e. The number of carbonyl (C=O) groups is 2. The van der Waals surface area contributed by atoms with Gasteiger partial charge in [-0.3, -0.25) is 14.5 Å². The fourth-order valence-electron chi connectivity index (χ4n) is 5.35. The van der Waals surface area contributed by atoms with Crippen LogP contribution in [0.4, 0.5) is 5.69 Å². The van der Waals surface area contributed by atoms with E-state index in [1.54, 1.807) is 11.0 Å².